The summed E-state index contributed by atoms with van der Waals surface area (Å²) in [7, 11) is 0. The van der Waals surface area contributed by atoms with Crippen LogP contribution in [0.15, 0.2) is 5.16 Å². The molecule has 0 atom stereocenters. The number of rotatable bonds is 7. The van der Waals surface area contributed by atoms with Crippen LogP contribution >= 0.6 is 0 Å². The van der Waals surface area contributed by atoms with Gasteiger partial charge in [0, 0.05) is 19.5 Å². The second-order valence-corrected chi connectivity index (χ2v) is 4.74. The molecule has 0 aliphatic rings. The zero-order valence-electron chi connectivity index (χ0n) is 10.9. The van der Waals surface area contributed by atoms with Gasteiger partial charge < -0.3 is 20.6 Å². The summed E-state index contributed by atoms with van der Waals surface area (Å²) in [5.41, 5.74) is 5.32. The summed E-state index contributed by atoms with van der Waals surface area (Å²) >= 11 is 0. The van der Waals surface area contributed by atoms with Crippen molar-refractivity contribution in [1.82, 2.24) is 4.90 Å². The lowest BCUT2D eigenvalue weighted by Gasteiger charge is -2.24. The van der Waals surface area contributed by atoms with Crippen LogP contribution in [0.4, 0.5) is 0 Å². The minimum Gasteiger partial charge on any atom is -0.409 e. The van der Waals surface area contributed by atoms with Crippen LogP contribution in [-0.2, 0) is 4.74 Å². The second kappa shape index (κ2) is 7.46. The summed E-state index contributed by atoms with van der Waals surface area (Å²) < 4.78 is 5.64. The van der Waals surface area contributed by atoms with Gasteiger partial charge in [-0.05, 0) is 27.3 Å². The van der Waals surface area contributed by atoms with E-state index < -0.39 is 0 Å². The van der Waals surface area contributed by atoms with Crippen LogP contribution in [0.5, 0.6) is 0 Å². The molecule has 0 radical (unpaired) electrons. The Hall–Kier alpha value is -0.810. The van der Waals surface area contributed by atoms with Gasteiger partial charge in [-0.2, -0.15) is 0 Å². The van der Waals surface area contributed by atoms with Crippen LogP contribution in [-0.4, -0.2) is 47.8 Å². The molecule has 96 valence electrons. The van der Waals surface area contributed by atoms with E-state index in [0.717, 1.165) is 19.6 Å². The molecule has 0 saturated carbocycles. The van der Waals surface area contributed by atoms with E-state index >= 15 is 0 Å². The van der Waals surface area contributed by atoms with Gasteiger partial charge in [-0.1, -0.05) is 12.1 Å². The predicted octanol–water partition coefficient (Wildman–Crippen LogP) is 1.26. The summed E-state index contributed by atoms with van der Waals surface area (Å²) in [5, 5.41) is 11.4. The molecular weight excluding hydrogens is 206 g/mol. The van der Waals surface area contributed by atoms with Gasteiger partial charge >= 0.3 is 0 Å². The normalized spacial score (nSPS) is 13.4. The lowest BCUT2D eigenvalue weighted by Crippen LogP contribution is -2.33. The average Bonchev–Trinajstić information content (AvgIpc) is 2.20. The van der Waals surface area contributed by atoms with Crippen molar-refractivity contribution in [2.45, 2.75) is 39.7 Å². The van der Waals surface area contributed by atoms with Crippen LogP contribution in [0.2, 0.25) is 0 Å². The molecule has 5 heteroatoms. The summed E-state index contributed by atoms with van der Waals surface area (Å²) in [6.45, 7) is 11.5. The first-order valence-electron chi connectivity index (χ1n) is 5.71. The fourth-order valence-corrected chi connectivity index (χ4v) is 1.23. The Kier molecular flexibility index (Phi) is 7.08. The highest BCUT2D eigenvalue weighted by molar-refractivity contribution is 5.79. The molecule has 0 aromatic carbocycles. The minimum atomic E-state index is -0.0923. The Balaban J connectivity index is 3.76. The molecule has 0 bridgehead atoms. The molecule has 0 rings (SSSR count). The van der Waals surface area contributed by atoms with Crippen LogP contribution < -0.4 is 5.73 Å². The fraction of sp³-hybridized carbons (Fsp3) is 0.909. The molecule has 0 aliphatic heterocycles. The first-order valence-corrected chi connectivity index (χ1v) is 5.71. The summed E-state index contributed by atoms with van der Waals surface area (Å²) in [6.07, 6.45) is 0.583. The van der Waals surface area contributed by atoms with Crippen LogP contribution in [0.1, 0.15) is 34.1 Å². The van der Waals surface area contributed by atoms with E-state index in [9.17, 15) is 0 Å². The van der Waals surface area contributed by atoms with Gasteiger partial charge in [0.25, 0.3) is 0 Å². The third kappa shape index (κ3) is 8.49. The van der Waals surface area contributed by atoms with Crippen molar-refractivity contribution in [1.29, 1.82) is 0 Å². The van der Waals surface area contributed by atoms with E-state index in [-0.39, 0.29) is 11.4 Å². The molecule has 0 fully saturated rings. The van der Waals surface area contributed by atoms with Crippen molar-refractivity contribution in [2.24, 2.45) is 10.9 Å². The maximum atomic E-state index is 8.42. The molecule has 0 heterocycles. The van der Waals surface area contributed by atoms with Gasteiger partial charge in [-0.25, -0.2) is 0 Å². The van der Waals surface area contributed by atoms with E-state index in [0.29, 0.717) is 13.0 Å². The molecular formula is C11H25N3O2. The maximum Gasteiger partial charge on any atom is 0.140 e. The Morgan fingerprint density at radius 1 is 1.38 bits per heavy atom. The molecule has 16 heavy (non-hydrogen) atoms. The topological polar surface area (TPSA) is 71.1 Å². The minimum absolute atomic E-state index is 0.0923. The Labute approximate surface area is 98.2 Å². The number of hydrogen-bond donors (Lipinski definition) is 2. The Morgan fingerprint density at radius 3 is 2.44 bits per heavy atom. The number of hydrogen-bond acceptors (Lipinski definition) is 4. The number of oxime groups is 1. The number of amidine groups is 1. The monoisotopic (exact) mass is 231 g/mol. The van der Waals surface area contributed by atoms with Crippen molar-refractivity contribution < 1.29 is 9.94 Å². The zero-order valence-corrected chi connectivity index (χ0v) is 10.9. The van der Waals surface area contributed by atoms with E-state index in [2.05, 4.69) is 17.0 Å². The van der Waals surface area contributed by atoms with Gasteiger partial charge in [0.2, 0.25) is 0 Å². The Morgan fingerprint density at radius 2 is 2.00 bits per heavy atom. The van der Waals surface area contributed by atoms with Gasteiger partial charge in [0.05, 0.1) is 12.2 Å². The highest BCUT2D eigenvalue weighted by Gasteiger charge is 2.11. The molecule has 0 amide bonds. The molecule has 0 aromatic heterocycles. The predicted molar refractivity (Wildman–Crippen MR) is 65.8 cm³/mol. The van der Waals surface area contributed by atoms with Crippen LogP contribution in [0.25, 0.3) is 0 Å². The molecule has 0 spiro atoms. The summed E-state index contributed by atoms with van der Waals surface area (Å²) in [6, 6.07) is 0. The average molecular weight is 231 g/mol. The largest absolute Gasteiger partial charge is 0.409 e. The lowest BCUT2D eigenvalue weighted by molar-refractivity contribution is -0.0124. The number of ether oxygens (including phenoxy) is 1. The molecule has 0 aromatic rings. The van der Waals surface area contributed by atoms with Crippen molar-refractivity contribution in [2.75, 3.05) is 26.2 Å². The van der Waals surface area contributed by atoms with E-state index in [4.69, 9.17) is 15.7 Å². The third-order valence-electron chi connectivity index (χ3n) is 2.20. The van der Waals surface area contributed by atoms with E-state index in [1.165, 1.54) is 0 Å². The van der Waals surface area contributed by atoms with E-state index in [1.807, 2.05) is 20.8 Å². The summed E-state index contributed by atoms with van der Waals surface area (Å²) in [5.74, 6) is 0.273. The van der Waals surface area contributed by atoms with Crippen molar-refractivity contribution >= 4 is 5.84 Å². The van der Waals surface area contributed by atoms with Crippen molar-refractivity contribution in [3.8, 4) is 0 Å². The SMILES string of the molecule is CCN(CCOC(C)(C)C)CCC(N)=NO. The molecule has 0 unspecified atom stereocenters. The van der Waals surface area contributed by atoms with Gasteiger partial charge in [-0.3, -0.25) is 0 Å². The molecule has 5 nitrogen and oxygen atoms in total. The van der Waals surface area contributed by atoms with Crippen LogP contribution in [0, 0.1) is 0 Å². The molecule has 0 aliphatic carbocycles. The highest BCUT2D eigenvalue weighted by Crippen LogP contribution is 2.06. The third-order valence-corrected chi connectivity index (χ3v) is 2.20. The van der Waals surface area contributed by atoms with Crippen LogP contribution in [0.3, 0.4) is 0 Å². The second-order valence-electron chi connectivity index (χ2n) is 4.74. The van der Waals surface area contributed by atoms with Crippen molar-refractivity contribution in [3.05, 3.63) is 0 Å². The van der Waals surface area contributed by atoms with Gasteiger partial charge in [0.15, 0.2) is 0 Å². The quantitative estimate of drug-likeness (QED) is 0.299. The number of nitrogens with two attached hydrogens (primary N) is 1. The van der Waals surface area contributed by atoms with E-state index in [1.54, 1.807) is 0 Å². The van der Waals surface area contributed by atoms with Gasteiger partial charge in [-0.15, -0.1) is 0 Å². The van der Waals surface area contributed by atoms with Gasteiger partial charge in [0.1, 0.15) is 5.84 Å². The molecule has 0 saturated heterocycles. The summed E-state index contributed by atoms with van der Waals surface area (Å²) in [4.78, 5) is 2.21. The van der Waals surface area contributed by atoms with Crippen molar-refractivity contribution in [3.63, 3.8) is 0 Å². The smallest absolute Gasteiger partial charge is 0.140 e. The fourth-order valence-electron chi connectivity index (χ4n) is 1.23. The zero-order chi connectivity index (χ0) is 12.6. The maximum absolute atomic E-state index is 8.42. The number of likely N-dealkylation sites (N-methyl/N-ethyl adjacent to an activating group) is 1. The first-order chi connectivity index (χ1) is 7.39. The number of nitrogens with zero attached hydrogens (tertiary/aromatic N) is 2. The highest BCUT2D eigenvalue weighted by atomic mass is 16.5. The molecule has 3 N–H and O–H groups in total. The standard InChI is InChI=1S/C11H25N3O2/c1-5-14(7-6-10(12)13-15)8-9-16-11(2,3)4/h15H,5-9H2,1-4H3,(H2,12,13). The first kappa shape index (κ1) is 15.2. The lowest BCUT2D eigenvalue weighted by atomic mass is 10.2. The Bertz CT molecular complexity index is 212.